The number of benzene rings is 2. The predicted molar refractivity (Wildman–Crippen MR) is 86.7 cm³/mol. The van der Waals surface area contributed by atoms with Gasteiger partial charge in [0.15, 0.2) is 24.1 Å². The van der Waals surface area contributed by atoms with Crippen LogP contribution in [0.1, 0.15) is 26.3 Å². The quantitative estimate of drug-likeness (QED) is 0.435. The van der Waals surface area contributed by atoms with E-state index >= 15 is 0 Å². The zero-order chi connectivity index (χ0) is 18.4. The van der Waals surface area contributed by atoms with Gasteiger partial charge in [-0.15, -0.1) is 0 Å². The van der Waals surface area contributed by atoms with E-state index in [-0.39, 0.29) is 35.0 Å². The highest BCUT2D eigenvalue weighted by Crippen LogP contribution is 2.31. The van der Waals surface area contributed by atoms with Crippen molar-refractivity contribution in [2.45, 2.75) is 0 Å². The Morgan fingerprint density at radius 3 is 2.08 bits per heavy atom. The molecule has 0 aromatic heterocycles. The maximum absolute atomic E-state index is 14.6. The van der Waals surface area contributed by atoms with Crippen LogP contribution in [0.3, 0.4) is 0 Å². The van der Waals surface area contributed by atoms with E-state index in [4.69, 9.17) is 14.2 Å². The Bertz CT molecular complexity index is 770. The van der Waals surface area contributed by atoms with Crippen molar-refractivity contribution in [3.05, 3.63) is 58.9 Å². The Hall–Kier alpha value is -2.93. The highest BCUT2D eigenvalue weighted by molar-refractivity contribution is 6.11. The zero-order valence-corrected chi connectivity index (χ0v) is 14.0. The van der Waals surface area contributed by atoms with E-state index in [1.165, 1.54) is 57.7 Å². The minimum absolute atomic E-state index is 0.0298. The number of hydrogen-bond donors (Lipinski definition) is 0. The summed E-state index contributed by atoms with van der Waals surface area (Å²) in [6, 6.07) is 8.45. The fraction of sp³-hybridized carbons (Fsp3) is 0.222. The molecular formula is C18H17FO6. The molecule has 0 aliphatic carbocycles. The molecule has 0 fully saturated rings. The van der Waals surface area contributed by atoms with Crippen molar-refractivity contribution in [3.8, 4) is 11.5 Å². The molecule has 6 nitrogen and oxygen atoms in total. The summed E-state index contributed by atoms with van der Waals surface area (Å²) in [6.07, 6.45) is 0. The molecule has 0 saturated carbocycles. The van der Waals surface area contributed by atoms with Crippen molar-refractivity contribution in [2.24, 2.45) is 0 Å². The van der Waals surface area contributed by atoms with Crippen LogP contribution in [-0.4, -0.2) is 39.9 Å². The molecule has 0 amide bonds. The molecular weight excluding hydrogens is 331 g/mol. The second-order valence-corrected chi connectivity index (χ2v) is 4.90. The number of methoxy groups -OCH3 is 3. The first-order valence-electron chi connectivity index (χ1n) is 7.24. The molecule has 0 unspecified atom stereocenters. The van der Waals surface area contributed by atoms with E-state index in [1.807, 2.05) is 0 Å². The lowest BCUT2D eigenvalue weighted by Gasteiger charge is -2.13. The van der Waals surface area contributed by atoms with Crippen LogP contribution in [-0.2, 0) is 9.47 Å². The van der Waals surface area contributed by atoms with Crippen molar-refractivity contribution < 1.29 is 32.9 Å². The van der Waals surface area contributed by atoms with E-state index in [0.29, 0.717) is 0 Å². The second-order valence-electron chi connectivity index (χ2n) is 4.90. The van der Waals surface area contributed by atoms with Crippen molar-refractivity contribution in [1.82, 2.24) is 0 Å². The van der Waals surface area contributed by atoms with Gasteiger partial charge >= 0.3 is 5.97 Å². The Balaban J connectivity index is 2.44. The van der Waals surface area contributed by atoms with Crippen LogP contribution in [0, 0.1) is 5.82 Å². The Labute approximate surface area is 144 Å². The minimum atomic E-state index is -0.835. The minimum Gasteiger partial charge on any atom is -0.494 e. The van der Waals surface area contributed by atoms with E-state index in [0.717, 1.165) is 0 Å². The summed E-state index contributed by atoms with van der Waals surface area (Å²) in [5, 5.41) is 0. The van der Waals surface area contributed by atoms with Crippen molar-refractivity contribution in [1.29, 1.82) is 0 Å². The first-order valence-corrected chi connectivity index (χ1v) is 7.24. The molecule has 0 radical (unpaired) electrons. The van der Waals surface area contributed by atoms with E-state index in [2.05, 4.69) is 4.74 Å². The van der Waals surface area contributed by atoms with Crippen LogP contribution < -0.4 is 9.47 Å². The molecule has 0 aliphatic rings. The maximum Gasteiger partial charge on any atom is 0.337 e. The van der Waals surface area contributed by atoms with E-state index in [1.54, 1.807) is 0 Å². The third kappa shape index (κ3) is 3.95. The number of esters is 1. The number of carbonyl (C=O) groups excluding carboxylic acids is 2. The van der Waals surface area contributed by atoms with Gasteiger partial charge in [0, 0.05) is 12.7 Å². The third-order valence-corrected chi connectivity index (χ3v) is 3.42. The molecule has 2 aromatic rings. The van der Waals surface area contributed by atoms with Gasteiger partial charge in [0.25, 0.3) is 0 Å². The van der Waals surface area contributed by atoms with E-state index in [9.17, 15) is 14.0 Å². The summed E-state index contributed by atoms with van der Waals surface area (Å²) in [6.45, 7) is -0.146. The molecule has 0 N–H and O–H groups in total. The Kier molecular flexibility index (Phi) is 6.08. The van der Waals surface area contributed by atoms with Gasteiger partial charge < -0.3 is 18.9 Å². The zero-order valence-electron chi connectivity index (χ0n) is 14.0. The molecule has 7 heteroatoms. The molecule has 0 bridgehead atoms. The molecule has 0 saturated heterocycles. The van der Waals surface area contributed by atoms with Crippen LogP contribution >= 0.6 is 0 Å². The Morgan fingerprint density at radius 1 is 0.920 bits per heavy atom. The van der Waals surface area contributed by atoms with Crippen LogP contribution in [0.15, 0.2) is 36.4 Å². The number of ketones is 1. The molecule has 0 spiro atoms. The largest absolute Gasteiger partial charge is 0.494 e. The predicted octanol–water partition coefficient (Wildman–Crippen LogP) is 2.83. The summed E-state index contributed by atoms with van der Waals surface area (Å²) in [5.41, 5.74) is 0.185. The third-order valence-electron chi connectivity index (χ3n) is 3.42. The standard InChI is InChI=1S/C18H17FO6/c1-22-10-25-13-8-9-14(23-2)16(19)15(13)17(20)11-4-6-12(7-5-11)18(21)24-3/h4-9H,10H2,1-3H3. The monoisotopic (exact) mass is 348 g/mol. The van der Waals surface area contributed by atoms with Crippen LogP contribution in [0.4, 0.5) is 4.39 Å². The van der Waals surface area contributed by atoms with Crippen molar-refractivity contribution >= 4 is 11.8 Å². The molecule has 25 heavy (non-hydrogen) atoms. The summed E-state index contributed by atoms with van der Waals surface area (Å²) >= 11 is 0. The summed E-state index contributed by atoms with van der Waals surface area (Å²) in [7, 11) is 3.97. The van der Waals surface area contributed by atoms with Crippen LogP contribution in [0.25, 0.3) is 0 Å². The first kappa shape index (κ1) is 18.4. The summed E-state index contributed by atoms with van der Waals surface area (Å²) < 4.78 is 34.2. The normalized spacial score (nSPS) is 10.2. The molecule has 132 valence electrons. The lowest BCUT2D eigenvalue weighted by Crippen LogP contribution is -2.11. The highest BCUT2D eigenvalue weighted by atomic mass is 19.1. The van der Waals surface area contributed by atoms with Gasteiger partial charge in [0.05, 0.1) is 19.8 Å². The average molecular weight is 348 g/mol. The second kappa shape index (κ2) is 8.25. The van der Waals surface area contributed by atoms with Gasteiger partial charge in [-0.25, -0.2) is 9.18 Å². The topological polar surface area (TPSA) is 71.1 Å². The van der Waals surface area contributed by atoms with Gasteiger partial charge in [-0.2, -0.15) is 0 Å². The number of hydrogen-bond acceptors (Lipinski definition) is 6. The van der Waals surface area contributed by atoms with Gasteiger partial charge in [-0.05, 0) is 24.3 Å². The highest BCUT2D eigenvalue weighted by Gasteiger charge is 2.23. The SMILES string of the molecule is COCOc1ccc(OC)c(F)c1C(=O)c1ccc(C(=O)OC)cc1. The molecule has 0 heterocycles. The number of halogens is 1. The lowest BCUT2D eigenvalue weighted by atomic mass is 10.00. The average Bonchev–Trinajstić information content (AvgIpc) is 2.65. The number of ether oxygens (including phenoxy) is 4. The number of rotatable bonds is 7. The van der Waals surface area contributed by atoms with Crippen molar-refractivity contribution in [3.63, 3.8) is 0 Å². The number of carbonyl (C=O) groups is 2. The van der Waals surface area contributed by atoms with Crippen LogP contribution in [0.5, 0.6) is 11.5 Å². The fourth-order valence-corrected chi connectivity index (χ4v) is 2.17. The molecule has 2 aromatic carbocycles. The van der Waals surface area contributed by atoms with Crippen molar-refractivity contribution in [2.75, 3.05) is 28.1 Å². The molecule has 0 aliphatic heterocycles. The smallest absolute Gasteiger partial charge is 0.337 e. The summed E-state index contributed by atoms with van der Waals surface area (Å²) in [5.74, 6) is -2.03. The molecule has 0 atom stereocenters. The van der Waals surface area contributed by atoms with Crippen LogP contribution in [0.2, 0.25) is 0 Å². The lowest BCUT2D eigenvalue weighted by molar-refractivity contribution is 0.0499. The van der Waals surface area contributed by atoms with Gasteiger partial charge in [-0.1, -0.05) is 12.1 Å². The van der Waals surface area contributed by atoms with Gasteiger partial charge in [0.2, 0.25) is 0 Å². The summed E-state index contributed by atoms with van der Waals surface area (Å²) in [4.78, 5) is 24.2. The Morgan fingerprint density at radius 2 is 1.52 bits per heavy atom. The van der Waals surface area contributed by atoms with E-state index < -0.39 is 17.6 Å². The van der Waals surface area contributed by atoms with Gasteiger partial charge in [0.1, 0.15) is 11.3 Å². The maximum atomic E-state index is 14.6. The fourth-order valence-electron chi connectivity index (χ4n) is 2.17. The molecule has 2 rings (SSSR count). The van der Waals surface area contributed by atoms with Gasteiger partial charge in [-0.3, -0.25) is 4.79 Å². The first-order chi connectivity index (χ1) is 12.0.